The predicted octanol–water partition coefficient (Wildman–Crippen LogP) is -0.337. The van der Waals surface area contributed by atoms with Crippen LogP contribution in [0.25, 0.3) is 0 Å². The van der Waals surface area contributed by atoms with Crippen LogP contribution in [0, 0.1) is 5.92 Å². The molecule has 2 fully saturated rings. The molecule has 1 amide bonds. The summed E-state index contributed by atoms with van der Waals surface area (Å²) in [6.07, 6.45) is 0. The Balaban J connectivity index is 2.44. The summed E-state index contributed by atoms with van der Waals surface area (Å²) in [6.45, 7) is 3.92. The zero-order valence-corrected chi connectivity index (χ0v) is 14.2. The minimum Gasteiger partial charge on any atom is -0.450 e. The highest BCUT2D eigenvalue weighted by atomic mass is 127. The quantitative estimate of drug-likeness (QED) is 0.292. The summed E-state index contributed by atoms with van der Waals surface area (Å²) in [4.78, 5) is 25.1. The van der Waals surface area contributed by atoms with Crippen molar-refractivity contribution in [3.8, 4) is 0 Å². The van der Waals surface area contributed by atoms with Gasteiger partial charge in [-0.05, 0) is 43.4 Å². The minimum absolute atomic E-state index is 0.428. The molecule has 0 spiro atoms. The van der Waals surface area contributed by atoms with Gasteiger partial charge in [0, 0.05) is 0 Å². The van der Waals surface area contributed by atoms with E-state index in [-0.39, 0.29) is 0 Å². The highest BCUT2D eigenvalue weighted by molar-refractivity contribution is 14.1. The molecular formula is C11H16INO6S. The zero-order chi connectivity index (χ0) is 15.5. The molecule has 2 rings (SSSR count). The molecule has 2 heterocycles. The van der Waals surface area contributed by atoms with E-state index in [0.717, 1.165) is 4.90 Å². The van der Waals surface area contributed by atoms with E-state index in [1.165, 1.54) is 13.8 Å². The van der Waals surface area contributed by atoms with E-state index in [2.05, 4.69) is 0 Å². The van der Waals surface area contributed by atoms with Crippen LogP contribution in [0.4, 0.5) is 0 Å². The van der Waals surface area contributed by atoms with E-state index in [9.17, 15) is 18.0 Å². The first-order chi connectivity index (χ1) is 9.07. The lowest BCUT2D eigenvalue weighted by Crippen LogP contribution is -2.64. The van der Waals surface area contributed by atoms with Gasteiger partial charge < -0.3 is 14.7 Å². The molecule has 4 atom stereocenters. The summed E-state index contributed by atoms with van der Waals surface area (Å²) in [6, 6.07) is -1.16. The summed E-state index contributed by atoms with van der Waals surface area (Å²) in [5.74, 6) is -2.23. The number of hydrogen-bond donors (Lipinski definition) is 1. The van der Waals surface area contributed by atoms with Crippen molar-refractivity contribution in [2.45, 2.75) is 41.0 Å². The lowest BCUT2D eigenvalue weighted by Gasteiger charge is -2.42. The Morgan fingerprint density at radius 1 is 1.55 bits per heavy atom. The van der Waals surface area contributed by atoms with Gasteiger partial charge in [-0.1, -0.05) is 0 Å². The number of esters is 1. The molecule has 0 aromatic heterocycles. The number of amides is 1. The maximum Gasteiger partial charge on any atom is 0.331 e. The minimum atomic E-state index is -3.75. The first-order valence-corrected chi connectivity index (χ1v) is 8.87. The van der Waals surface area contributed by atoms with Gasteiger partial charge in [-0.2, -0.15) is 0 Å². The number of aliphatic hydroxyl groups excluding tert-OH is 1. The lowest BCUT2D eigenvalue weighted by molar-refractivity contribution is -0.168. The Bertz CT molecular complexity index is 557. The number of carbonyl (C=O) groups is 2. The van der Waals surface area contributed by atoms with E-state index in [1.807, 2.05) is 22.6 Å². The fourth-order valence-corrected chi connectivity index (χ4v) is 5.34. The van der Waals surface area contributed by atoms with Crippen molar-refractivity contribution < 1.29 is 27.9 Å². The summed E-state index contributed by atoms with van der Waals surface area (Å²) >= 11 is 1.88. The van der Waals surface area contributed by atoms with Crippen molar-refractivity contribution in [3.05, 3.63) is 0 Å². The van der Waals surface area contributed by atoms with Crippen LogP contribution in [-0.2, 0) is 24.2 Å². The second kappa shape index (κ2) is 4.80. The molecular weight excluding hydrogens is 401 g/mol. The highest BCUT2D eigenvalue weighted by Crippen LogP contribution is 2.48. The maximum absolute atomic E-state index is 12.5. The second-order valence-electron chi connectivity index (χ2n) is 5.46. The van der Waals surface area contributed by atoms with Crippen LogP contribution >= 0.6 is 22.6 Å². The van der Waals surface area contributed by atoms with Crippen molar-refractivity contribution >= 4 is 44.3 Å². The number of β-lactam (4-membered cyclic amide) rings is 1. The van der Waals surface area contributed by atoms with E-state index in [4.69, 9.17) is 9.84 Å². The van der Waals surface area contributed by atoms with Gasteiger partial charge >= 0.3 is 5.97 Å². The van der Waals surface area contributed by atoms with Gasteiger partial charge in [-0.25, -0.2) is 13.2 Å². The third-order valence-electron chi connectivity index (χ3n) is 3.88. The van der Waals surface area contributed by atoms with Crippen molar-refractivity contribution in [3.63, 3.8) is 0 Å². The largest absolute Gasteiger partial charge is 0.450 e. The van der Waals surface area contributed by atoms with Crippen molar-refractivity contribution in [2.24, 2.45) is 5.92 Å². The van der Waals surface area contributed by atoms with Crippen molar-refractivity contribution in [1.82, 2.24) is 4.90 Å². The van der Waals surface area contributed by atoms with Gasteiger partial charge in [0.2, 0.25) is 5.91 Å². The molecule has 2 aliphatic heterocycles. The van der Waals surface area contributed by atoms with Crippen molar-refractivity contribution in [1.29, 1.82) is 0 Å². The third kappa shape index (κ3) is 1.89. The number of alkyl halides is 1. The van der Waals surface area contributed by atoms with E-state index in [1.54, 1.807) is 6.92 Å². The number of sulfone groups is 1. The Labute approximate surface area is 130 Å². The molecule has 0 bridgehead atoms. The molecule has 0 saturated carbocycles. The summed E-state index contributed by atoms with van der Waals surface area (Å²) in [5.41, 5.74) is 0. The van der Waals surface area contributed by atoms with Gasteiger partial charge in [0.15, 0.2) is 9.84 Å². The zero-order valence-electron chi connectivity index (χ0n) is 11.2. The Kier molecular flexibility index (Phi) is 3.83. The fraction of sp³-hybridized carbons (Fsp3) is 0.818. The van der Waals surface area contributed by atoms with E-state index in [0.29, 0.717) is 0 Å². The molecule has 0 aromatic carbocycles. The van der Waals surface area contributed by atoms with Gasteiger partial charge in [0.25, 0.3) is 0 Å². The molecule has 0 aromatic rings. The van der Waals surface area contributed by atoms with Gasteiger partial charge in [0.05, 0.1) is 17.3 Å². The van der Waals surface area contributed by atoms with E-state index >= 15 is 0 Å². The van der Waals surface area contributed by atoms with Crippen LogP contribution in [-0.4, -0.2) is 57.2 Å². The molecule has 2 aliphatic rings. The first kappa shape index (κ1) is 16.0. The second-order valence-corrected chi connectivity index (χ2v) is 9.84. The Hall–Kier alpha value is -0.420. The number of aliphatic hydroxyl groups is 1. The molecule has 2 saturated heterocycles. The molecule has 1 N–H and O–H groups in total. The van der Waals surface area contributed by atoms with E-state index < -0.39 is 54.5 Å². The number of rotatable bonds is 3. The molecule has 0 radical (unpaired) electrons. The normalized spacial score (nSPS) is 35.1. The summed E-state index contributed by atoms with van der Waals surface area (Å²) < 4.78 is 28.2. The average Bonchev–Trinajstić information content (AvgIpc) is 2.43. The monoisotopic (exact) mass is 417 g/mol. The SMILES string of the molecule is CC(I)OC(=O)[C@@H]1N2C(=O)[C@@H](CO)[C@H]2S(=O)(=O)C1(C)C. The van der Waals surface area contributed by atoms with Crippen LogP contribution in [0.5, 0.6) is 0 Å². The molecule has 0 aliphatic carbocycles. The Morgan fingerprint density at radius 2 is 2.10 bits per heavy atom. The number of halogens is 1. The van der Waals surface area contributed by atoms with Crippen LogP contribution in [0.3, 0.4) is 0 Å². The van der Waals surface area contributed by atoms with Gasteiger partial charge in [-0.15, -0.1) is 0 Å². The predicted molar refractivity (Wildman–Crippen MR) is 77.6 cm³/mol. The number of ether oxygens (including phenoxy) is 1. The highest BCUT2D eigenvalue weighted by Gasteiger charge is 2.72. The number of nitrogens with zero attached hydrogens (tertiary/aromatic N) is 1. The molecule has 114 valence electrons. The molecule has 7 nitrogen and oxygen atoms in total. The topological polar surface area (TPSA) is 101 Å². The van der Waals surface area contributed by atoms with Crippen molar-refractivity contribution in [2.75, 3.05) is 6.61 Å². The van der Waals surface area contributed by atoms with Gasteiger partial charge in [0.1, 0.15) is 15.5 Å². The standard InChI is InChI=1S/C11H16INO6S/c1-5(12)19-10(16)7-11(2,3)20(17,18)9-6(4-14)8(15)13(7)9/h5-7,9,14H,4H2,1-3H3/t5?,6-,7+,9-/m1/s1. The van der Waals surface area contributed by atoms with Crippen LogP contribution in [0.2, 0.25) is 0 Å². The van der Waals surface area contributed by atoms with Crippen LogP contribution in [0.1, 0.15) is 20.8 Å². The number of hydrogen-bond acceptors (Lipinski definition) is 6. The molecule has 1 unspecified atom stereocenters. The smallest absolute Gasteiger partial charge is 0.331 e. The van der Waals surface area contributed by atoms with Gasteiger partial charge in [-0.3, -0.25) is 4.79 Å². The van der Waals surface area contributed by atoms with Crippen LogP contribution < -0.4 is 0 Å². The third-order valence-corrected chi connectivity index (χ3v) is 7.01. The maximum atomic E-state index is 12.5. The Morgan fingerprint density at radius 3 is 2.55 bits per heavy atom. The first-order valence-electron chi connectivity index (χ1n) is 6.08. The summed E-state index contributed by atoms with van der Waals surface area (Å²) in [5, 5.41) is 8.02. The fourth-order valence-electron chi connectivity index (χ4n) is 2.78. The number of carbonyl (C=O) groups excluding carboxylic acids is 2. The lowest BCUT2D eigenvalue weighted by atomic mass is 9.92. The summed E-state index contributed by atoms with van der Waals surface area (Å²) in [7, 11) is -3.75. The van der Waals surface area contributed by atoms with Crippen LogP contribution in [0.15, 0.2) is 0 Å². The molecule has 9 heteroatoms. The average molecular weight is 417 g/mol. The number of fused-ring (bicyclic) bond motifs is 1. The molecule has 20 heavy (non-hydrogen) atoms.